The number of carbonyl (C=O) groups excluding carboxylic acids is 1. The molecular formula is C15H19BrN2O3. The van der Waals surface area contributed by atoms with E-state index in [2.05, 4.69) is 26.6 Å². The van der Waals surface area contributed by atoms with Gasteiger partial charge in [-0.2, -0.15) is 0 Å². The second-order valence-corrected chi connectivity index (χ2v) is 6.12. The lowest BCUT2D eigenvalue weighted by molar-refractivity contribution is -0.116. The molecule has 2 rings (SSSR count). The van der Waals surface area contributed by atoms with Crippen molar-refractivity contribution in [2.24, 2.45) is 5.92 Å². The Morgan fingerprint density at radius 2 is 2.24 bits per heavy atom. The van der Waals surface area contributed by atoms with Crippen LogP contribution < -0.4 is 10.6 Å². The minimum Gasteiger partial charge on any atom is -0.478 e. The van der Waals surface area contributed by atoms with Crippen LogP contribution >= 0.6 is 15.9 Å². The molecule has 0 saturated carbocycles. The third kappa shape index (κ3) is 4.54. The van der Waals surface area contributed by atoms with Crippen molar-refractivity contribution in [1.29, 1.82) is 0 Å². The molecule has 0 bridgehead atoms. The van der Waals surface area contributed by atoms with E-state index in [1.807, 2.05) is 0 Å². The second kappa shape index (κ2) is 7.56. The zero-order valence-corrected chi connectivity index (χ0v) is 13.3. The molecule has 3 N–H and O–H groups in total. The van der Waals surface area contributed by atoms with Gasteiger partial charge in [0, 0.05) is 10.9 Å². The summed E-state index contributed by atoms with van der Waals surface area (Å²) in [5.41, 5.74) is 0.425. The van der Waals surface area contributed by atoms with Crippen molar-refractivity contribution in [3.8, 4) is 0 Å². The van der Waals surface area contributed by atoms with Gasteiger partial charge < -0.3 is 15.7 Å². The smallest absolute Gasteiger partial charge is 0.337 e. The Morgan fingerprint density at radius 1 is 1.43 bits per heavy atom. The monoisotopic (exact) mass is 354 g/mol. The normalized spacial score (nSPS) is 18.2. The van der Waals surface area contributed by atoms with Gasteiger partial charge in [-0.1, -0.05) is 6.07 Å². The first-order valence-electron chi connectivity index (χ1n) is 7.10. The van der Waals surface area contributed by atoms with Gasteiger partial charge in [0.25, 0.3) is 0 Å². The Balaban J connectivity index is 1.94. The van der Waals surface area contributed by atoms with E-state index in [0.717, 1.165) is 32.4 Å². The zero-order chi connectivity index (χ0) is 15.2. The first-order valence-corrected chi connectivity index (χ1v) is 7.89. The van der Waals surface area contributed by atoms with E-state index in [1.54, 1.807) is 12.1 Å². The molecule has 21 heavy (non-hydrogen) atoms. The lowest BCUT2D eigenvalue weighted by atomic mass is 9.94. The zero-order valence-electron chi connectivity index (χ0n) is 11.7. The number of aromatic carboxylic acids is 1. The van der Waals surface area contributed by atoms with Crippen LogP contribution in [0.2, 0.25) is 0 Å². The van der Waals surface area contributed by atoms with Crippen LogP contribution in [0.4, 0.5) is 5.69 Å². The predicted octanol–water partition coefficient (Wildman–Crippen LogP) is 2.87. The van der Waals surface area contributed by atoms with Gasteiger partial charge in [-0.25, -0.2) is 4.79 Å². The highest BCUT2D eigenvalue weighted by molar-refractivity contribution is 9.10. The highest BCUT2D eigenvalue weighted by atomic mass is 79.9. The fourth-order valence-electron chi connectivity index (χ4n) is 2.54. The standard InChI is InChI=1S/C15H19BrN2O3/c16-12-5-1-4-11(15(20)21)14(12)18-13(19)7-6-10-3-2-8-17-9-10/h1,4-5,10,17H,2-3,6-9H2,(H,18,19)(H,20,21). The van der Waals surface area contributed by atoms with Crippen LogP contribution in [0.3, 0.4) is 0 Å². The molecule has 1 aromatic rings. The molecule has 0 radical (unpaired) electrons. The molecule has 0 spiro atoms. The molecule has 0 aromatic heterocycles. The Morgan fingerprint density at radius 3 is 2.90 bits per heavy atom. The number of hydrogen-bond donors (Lipinski definition) is 3. The number of rotatable bonds is 5. The minimum absolute atomic E-state index is 0.0945. The first kappa shape index (κ1) is 16.0. The predicted molar refractivity (Wildman–Crippen MR) is 84.6 cm³/mol. The maximum Gasteiger partial charge on any atom is 0.337 e. The third-order valence-corrected chi connectivity index (χ3v) is 4.35. The summed E-state index contributed by atoms with van der Waals surface area (Å²) in [6.07, 6.45) is 3.54. The highest BCUT2D eigenvalue weighted by Crippen LogP contribution is 2.27. The van der Waals surface area contributed by atoms with Crippen LogP contribution in [0.25, 0.3) is 0 Å². The molecule has 1 unspecified atom stereocenters. The summed E-state index contributed by atoms with van der Waals surface area (Å²) >= 11 is 3.28. The maximum absolute atomic E-state index is 12.0. The number of carboxylic acids is 1. The van der Waals surface area contributed by atoms with Gasteiger partial charge in [-0.3, -0.25) is 4.79 Å². The molecule has 1 atom stereocenters. The molecule has 6 heteroatoms. The van der Waals surface area contributed by atoms with Crippen LogP contribution in [0.5, 0.6) is 0 Å². The SMILES string of the molecule is O=C(CCC1CCCNC1)Nc1c(Br)cccc1C(=O)O. The summed E-state index contributed by atoms with van der Waals surface area (Å²) < 4.78 is 0.579. The van der Waals surface area contributed by atoms with E-state index < -0.39 is 5.97 Å². The van der Waals surface area contributed by atoms with Crippen molar-refractivity contribution in [3.05, 3.63) is 28.2 Å². The summed E-state index contributed by atoms with van der Waals surface area (Å²) in [5.74, 6) is -0.666. The summed E-state index contributed by atoms with van der Waals surface area (Å²) in [6.45, 7) is 2.02. The molecule has 114 valence electrons. The lowest BCUT2D eigenvalue weighted by Crippen LogP contribution is -2.30. The molecule has 5 nitrogen and oxygen atoms in total. The molecule has 1 aromatic carbocycles. The lowest BCUT2D eigenvalue weighted by Gasteiger charge is -2.22. The molecule has 0 aliphatic carbocycles. The van der Waals surface area contributed by atoms with Crippen molar-refractivity contribution in [1.82, 2.24) is 5.32 Å². The van der Waals surface area contributed by atoms with Crippen molar-refractivity contribution >= 4 is 33.5 Å². The van der Waals surface area contributed by atoms with E-state index in [0.29, 0.717) is 22.5 Å². The summed E-state index contributed by atoms with van der Waals surface area (Å²) in [5, 5.41) is 15.2. The number of amides is 1. The van der Waals surface area contributed by atoms with Gasteiger partial charge in [0.15, 0.2) is 0 Å². The topological polar surface area (TPSA) is 78.4 Å². The fraction of sp³-hybridized carbons (Fsp3) is 0.467. The van der Waals surface area contributed by atoms with Gasteiger partial charge in [0.05, 0.1) is 11.3 Å². The molecule has 1 saturated heterocycles. The number of hydrogen-bond acceptors (Lipinski definition) is 3. The number of carbonyl (C=O) groups is 2. The van der Waals surface area contributed by atoms with Crippen molar-refractivity contribution < 1.29 is 14.7 Å². The van der Waals surface area contributed by atoms with Gasteiger partial charge in [-0.15, -0.1) is 0 Å². The van der Waals surface area contributed by atoms with E-state index in [-0.39, 0.29) is 11.5 Å². The Labute approximate surface area is 132 Å². The molecule has 1 aliphatic rings. The van der Waals surface area contributed by atoms with Crippen LogP contribution in [0.15, 0.2) is 22.7 Å². The largest absolute Gasteiger partial charge is 0.478 e. The van der Waals surface area contributed by atoms with Gasteiger partial charge in [-0.05, 0) is 66.3 Å². The summed E-state index contributed by atoms with van der Waals surface area (Å²) in [7, 11) is 0. The Kier molecular flexibility index (Phi) is 5.76. The van der Waals surface area contributed by atoms with Gasteiger partial charge in [0.2, 0.25) is 5.91 Å². The summed E-state index contributed by atoms with van der Waals surface area (Å²) in [4.78, 5) is 23.2. The third-order valence-electron chi connectivity index (χ3n) is 3.69. The van der Waals surface area contributed by atoms with E-state index in [1.165, 1.54) is 6.07 Å². The Hall–Kier alpha value is -1.40. The number of para-hydroxylation sites is 1. The van der Waals surface area contributed by atoms with Crippen LogP contribution in [-0.2, 0) is 4.79 Å². The first-order chi connectivity index (χ1) is 10.1. The van der Waals surface area contributed by atoms with E-state index >= 15 is 0 Å². The number of carboxylic acid groups (broad SMARTS) is 1. The van der Waals surface area contributed by atoms with Crippen molar-refractivity contribution in [2.45, 2.75) is 25.7 Å². The summed E-state index contributed by atoms with van der Waals surface area (Å²) in [6, 6.07) is 4.83. The molecular weight excluding hydrogens is 336 g/mol. The van der Waals surface area contributed by atoms with Gasteiger partial charge >= 0.3 is 5.97 Å². The number of anilines is 1. The van der Waals surface area contributed by atoms with Crippen molar-refractivity contribution in [3.63, 3.8) is 0 Å². The number of nitrogens with one attached hydrogen (secondary N) is 2. The minimum atomic E-state index is -1.05. The van der Waals surface area contributed by atoms with E-state index in [9.17, 15) is 9.59 Å². The Bertz CT molecular complexity index is 528. The van der Waals surface area contributed by atoms with Crippen molar-refractivity contribution in [2.75, 3.05) is 18.4 Å². The molecule has 1 fully saturated rings. The highest BCUT2D eigenvalue weighted by Gasteiger charge is 2.17. The average molecular weight is 355 g/mol. The maximum atomic E-state index is 12.0. The number of piperidine rings is 1. The van der Waals surface area contributed by atoms with Crippen LogP contribution in [0, 0.1) is 5.92 Å². The molecule has 1 aliphatic heterocycles. The number of halogens is 1. The number of benzene rings is 1. The van der Waals surface area contributed by atoms with E-state index in [4.69, 9.17) is 5.11 Å². The molecule has 1 heterocycles. The fourth-order valence-corrected chi connectivity index (χ4v) is 3.00. The second-order valence-electron chi connectivity index (χ2n) is 5.27. The van der Waals surface area contributed by atoms with Crippen LogP contribution in [0.1, 0.15) is 36.0 Å². The average Bonchev–Trinajstić information content (AvgIpc) is 2.48. The molecule has 1 amide bonds. The van der Waals surface area contributed by atoms with Gasteiger partial charge in [0.1, 0.15) is 0 Å². The van der Waals surface area contributed by atoms with Crippen LogP contribution in [-0.4, -0.2) is 30.1 Å². The quantitative estimate of drug-likeness (QED) is 0.759.